The molecule has 0 bridgehead atoms. The van der Waals surface area contributed by atoms with E-state index >= 15 is 0 Å². The summed E-state index contributed by atoms with van der Waals surface area (Å²) in [5, 5.41) is 8.10. The van der Waals surface area contributed by atoms with Gasteiger partial charge in [-0.2, -0.15) is 0 Å². The third-order valence-corrected chi connectivity index (χ3v) is 5.20. The molecule has 0 saturated heterocycles. The lowest BCUT2D eigenvalue weighted by Gasteiger charge is -1.98. The van der Waals surface area contributed by atoms with Gasteiger partial charge in [-0.15, -0.1) is 10.2 Å². The average molecular weight is 377 g/mol. The molecule has 0 aliphatic heterocycles. The molecule has 3 aromatic rings. The standard InChI is InChI=1S/C13H10.C12H22N2O/c1-3-7-12-10(5-1)9-11-6-2-4-8-13(11)12;1-3-5-7-9-11-13-14-12(15-11)10-8-6-4-2/h1-8H,9H2;3-10H2,1-2H3. The molecule has 0 unspecified atom stereocenters. The van der Waals surface area contributed by atoms with Crippen molar-refractivity contribution in [2.24, 2.45) is 0 Å². The molecule has 2 aromatic carbocycles. The lowest BCUT2D eigenvalue weighted by molar-refractivity contribution is 0.435. The summed E-state index contributed by atoms with van der Waals surface area (Å²) in [6.45, 7) is 4.40. The number of rotatable bonds is 8. The van der Waals surface area contributed by atoms with Gasteiger partial charge < -0.3 is 4.42 Å². The molecule has 1 heterocycles. The van der Waals surface area contributed by atoms with Crippen LogP contribution in [0, 0.1) is 0 Å². The largest absolute Gasteiger partial charge is 0.425 e. The van der Waals surface area contributed by atoms with Gasteiger partial charge in [0.15, 0.2) is 0 Å². The Hall–Kier alpha value is -2.42. The summed E-state index contributed by atoms with van der Waals surface area (Å²) in [5.41, 5.74) is 5.75. The molecular formula is C25H32N2O. The first-order chi connectivity index (χ1) is 13.8. The van der Waals surface area contributed by atoms with Gasteiger partial charge in [-0.3, -0.25) is 0 Å². The van der Waals surface area contributed by atoms with Crippen LogP contribution in [-0.2, 0) is 19.3 Å². The van der Waals surface area contributed by atoms with Gasteiger partial charge in [0.25, 0.3) is 0 Å². The number of aromatic nitrogens is 2. The molecule has 28 heavy (non-hydrogen) atoms. The lowest BCUT2D eigenvalue weighted by atomic mass is 10.1. The van der Waals surface area contributed by atoms with E-state index in [0.29, 0.717) is 0 Å². The van der Waals surface area contributed by atoms with Crippen molar-refractivity contribution in [1.82, 2.24) is 10.2 Å². The molecular weight excluding hydrogens is 344 g/mol. The smallest absolute Gasteiger partial charge is 0.216 e. The van der Waals surface area contributed by atoms with Gasteiger partial charge in [-0.25, -0.2) is 0 Å². The Morgan fingerprint density at radius 2 is 1.14 bits per heavy atom. The summed E-state index contributed by atoms with van der Waals surface area (Å²) in [7, 11) is 0. The monoisotopic (exact) mass is 376 g/mol. The van der Waals surface area contributed by atoms with Crippen LogP contribution in [0.4, 0.5) is 0 Å². The Bertz CT molecular complexity index is 785. The Morgan fingerprint density at radius 1 is 0.679 bits per heavy atom. The highest BCUT2D eigenvalue weighted by Crippen LogP contribution is 2.35. The Morgan fingerprint density at radius 3 is 1.61 bits per heavy atom. The van der Waals surface area contributed by atoms with Crippen molar-refractivity contribution in [3.63, 3.8) is 0 Å². The summed E-state index contributed by atoms with van der Waals surface area (Å²) in [5.74, 6) is 1.63. The predicted octanol–water partition coefficient (Wildman–Crippen LogP) is 6.79. The molecule has 0 radical (unpaired) electrons. The summed E-state index contributed by atoms with van der Waals surface area (Å²) in [6.07, 6.45) is 10.3. The van der Waals surface area contributed by atoms with Crippen molar-refractivity contribution in [2.75, 3.05) is 0 Å². The lowest BCUT2D eigenvalue weighted by Crippen LogP contribution is -1.84. The van der Waals surface area contributed by atoms with Crippen molar-refractivity contribution >= 4 is 0 Å². The van der Waals surface area contributed by atoms with E-state index in [2.05, 4.69) is 72.6 Å². The zero-order valence-corrected chi connectivity index (χ0v) is 17.3. The Balaban J connectivity index is 0.000000162. The van der Waals surface area contributed by atoms with Crippen LogP contribution >= 0.6 is 0 Å². The molecule has 0 atom stereocenters. The fourth-order valence-electron chi connectivity index (χ4n) is 3.62. The third-order valence-electron chi connectivity index (χ3n) is 5.20. The maximum absolute atomic E-state index is 5.55. The number of nitrogens with zero attached hydrogens (tertiary/aromatic N) is 2. The average Bonchev–Trinajstić information content (AvgIpc) is 3.33. The van der Waals surface area contributed by atoms with Crippen LogP contribution in [-0.4, -0.2) is 10.2 Å². The molecule has 1 aliphatic rings. The van der Waals surface area contributed by atoms with E-state index in [1.807, 2.05) is 0 Å². The molecule has 148 valence electrons. The second kappa shape index (κ2) is 10.8. The minimum absolute atomic E-state index is 0.815. The molecule has 4 rings (SSSR count). The Labute approximate surface area is 169 Å². The highest BCUT2D eigenvalue weighted by atomic mass is 16.4. The number of hydrogen-bond acceptors (Lipinski definition) is 3. The molecule has 3 nitrogen and oxygen atoms in total. The molecule has 1 aliphatic carbocycles. The van der Waals surface area contributed by atoms with E-state index in [1.54, 1.807) is 0 Å². The van der Waals surface area contributed by atoms with E-state index in [0.717, 1.165) is 43.9 Å². The van der Waals surface area contributed by atoms with Gasteiger partial charge in [-0.1, -0.05) is 88.1 Å². The van der Waals surface area contributed by atoms with Crippen LogP contribution in [0.1, 0.15) is 75.3 Å². The van der Waals surface area contributed by atoms with E-state index in [4.69, 9.17) is 4.42 Å². The fraction of sp³-hybridized carbons (Fsp3) is 0.440. The van der Waals surface area contributed by atoms with Crippen molar-refractivity contribution in [3.05, 3.63) is 71.4 Å². The van der Waals surface area contributed by atoms with Crippen molar-refractivity contribution in [2.45, 2.75) is 71.6 Å². The molecule has 0 N–H and O–H groups in total. The zero-order chi connectivity index (χ0) is 19.6. The summed E-state index contributed by atoms with van der Waals surface area (Å²) < 4.78 is 5.55. The molecule has 0 fully saturated rings. The first kappa shape index (κ1) is 20.3. The van der Waals surface area contributed by atoms with Crippen molar-refractivity contribution in [3.8, 4) is 11.1 Å². The normalized spacial score (nSPS) is 11.5. The topological polar surface area (TPSA) is 38.9 Å². The van der Waals surface area contributed by atoms with E-state index in [9.17, 15) is 0 Å². The molecule has 1 aromatic heterocycles. The maximum atomic E-state index is 5.55. The van der Waals surface area contributed by atoms with E-state index < -0.39 is 0 Å². The predicted molar refractivity (Wildman–Crippen MR) is 115 cm³/mol. The number of hydrogen-bond donors (Lipinski definition) is 0. The summed E-state index contributed by atoms with van der Waals surface area (Å²) in [4.78, 5) is 0. The van der Waals surface area contributed by atoms with Crippen molar-refractivity contribution in [1.29, 1.82) is 0 Å². The van der Waals surface area contributed by atoms with E-state index in [-0.39, 0.29) is 0 Å². The van der Waals surface area contributed by atoms with Crippen LogP contribution in [0.25, 0.3) is 11.1 Å². The second-order valence-corrected chi connectivity index (χ2v) is 7.49. The van der Waals surface area contributed by atoms with Gasteiger partial charge >= 0.3 is 0 Å². The SMILES string of the molecule is CCCCCc1nnc(CCCCC)o1.c1ccc2c(c1)Cc1ccccc1-2. The minimum Gasteiger partial charge on any atom is -0.425 e. The fourth-order valence-corrected chi connectivity index (χ4v) is 3.62. The van der Waals surface area contributed by atoms with Gasteiger partial charge in [0, 0.05) is 12.8 Å². The van der Waals surface area contributed by atoms with Crippen LogP contribution in [0.5, 0.6) is 0 Å². The number of benzene rings is 2. The molecule has 3 heteroatoms. The van der Waals surface area contributed by atoms with Crippen molar-refractivity contribution < 1.29 is 4.42 Å². The molecule has 0 spiro atoms. The summed E-state index contributed by atoms with van der Waals surface area (Å²) in [6, 6.07) is 17.3. The quantitative estimate of drug-likeness (QED) is 0.318. The number of aryl methyl sites for hydroxylation is 2. The molecule has 0 saturated carbocycles. The van der Waals surface area contributed by atoms with E-state index in [1.165, 1.54) is 47.9 Å². The van der Waals surface area contributed by atoms with Gasteiger partial charge in [0.05, 0.1) is 0 Å². The van der Waals surface area contributed by atoms with Gasteiger partial charge in [-0.05, 0) is 41.5 Å². The minimum atomic E-state index is 0.815. The first-order valence-electron chi connectivity index (χ1n) is 10.8. The summed E-state index contributed by atoms with van der Waals surface area (Å²) >= 11 is 0. The number of fused-ring (bicyclic) bond motifs is 3. The highest BCUT2D eigenvalue weighted by molar-refractivity contribution is 5.76. The first-order valence-corrected chi connectivity index (χ1v) is 10.8. The van der Waals surface area contributed by atoms with Gasteiger partial charge in [0.2, 0.25) is 11.8 Å². The van der Waals surface area contributed by atoms with Gasteiger partial charge in [0.1, 0.15) is 0 Å². The van der Waals surface area contributed by atoms with Crippen LogP contribution in [0.3, 0.4) is 0 Å². The third kappa shape index (κ3) is 5.54. The Kier molecular flexibility index (Phi) is 7.83. The molecule has 0 amide bonds. The maximum Gasteiger partial charge on any atom is 0.216 e. The van der Waals surface area contributed by atoms with Crippen LogP contribution in [0.2, 0.25) is 0 Å². The second-order valence-electron chi connectivity index (χ2n) is 7.49. The zero-order valence-electron chi connectivity index (χ0n) is 17.3. The van der Waals surface area contributed by atoms with Crippen LogP contribution in [0.15, 0.2) is 52.9 Å². The highest BCUT2D eigenvalue weighted by Gasteiger charge is 2.15. The number of unbranched alkanes of at least 4 members (excludes halogenated alkanes) is 4. The van der Waals surface area contributed by atoms with Crippen LogP contribution < -0.4 is 0 Å².